The average molecular weight is 378 g/mol. The van der Waals surface area contributed by atoms with Crippen molar-refractivity contribution >= 4 is 26.2 Å². The molecule has 0 aliphatic carbocycles. The van der Waals surface area contributed by atoms with Crippen LogP contribution in [-0.4, -0.2) is 53.2 Å². The predicted molar refractivity (Wildman–Crippen MR) is 111 cm³/mol. The minimum Gasteiger partial charge on any atom is -0.399 e. The van der Waals surface area contributed by atoms with Gasteiger partial charge in [-0.3, -0.25) is 0 Å². The second-order valence-electron chi connectivity index (χ2n) is 8.57. The Hall–Kier alpha value is -1.89. The monoisotopic (exact) mass is 378 g/mol. The Morgan fingerprint density at radius 2 is 1.89 bits per heavy atom. The summed E-state index contributed by atoms with van der Waals surface area (Å²) in [6.07, 6.45) is 4.76. The molecule has 2 aliphatic heterocycles. The van der Waals surface area contributed by atoms with E-state index in [1.54, 1.807) is 7.41 Å². The molecule has 1 N–H and O–H groups in total. The van der Waals surface area contributed by atoms with E-state index in [-0.39, 0.29) is 24.4 Å². The van der Waals surface area contributed by atoms with Crippen molar-refractivity contribution in [2.75, 3.05) is 6.54 Å². The largest absolute Gasteiger partial charge is 0.494 e. The maximum absolute atomic E-state index is 10.8. The lowest BCUT2D eigenvalue weighted by Crippen LogP contribution is -2.41. The second-order valence-corrected chi connectivity index (χ2v) is 8.57. The molecule has 2 aliphatic rings. The lowest BCUT2D eigenvalue weighted by molar-refractivity contribution is 0.00578. The molecule has 0 saturated carbocycles. The van der Waals surface area contributed by atoms with Crippen molar-refractivity contribution in [2.45, 2.75) is 57.8 Å². The van der Waals surface area contributed by atoms with Crippen molar-refractivity contribution in [3.05, 3.63) is 36.3 Å². The van der Waals surface area contributed by atoms with Crippen LogP contribution in [0.1, 0.15) is 52.4 Å². The van der Waals surface area contributed by atoms with E-state index in [1.165, 1.54) is 0 Å². The Kier molecular flexibility index (Phi) is 4.98. The first kappa shape index (κ1) is 19.4. The van der Waals surface area contributed by atoms with Gasteiger partial charge in [0.25, 0.3) is 7.41 Å². The van der Waals surface area contributed by atoms with Gasteiger partial charge in [0.2, 0.25) is 0 Å². The van der Waals surface area contributed by atoms with E-state index < -0.39 is 0 Å². The molecule has 2 fully saturated rings. The lowest BCUT2D eigenvalue weighted by Gasteiger charge is -2.32. The standard InChI is InChI=1S/C20H26B2N3O3/c1-19(2)20(3,4)28-22(27-19)15-9-7-14(8-10-15)16-12-23-18(24-16)17-6-5-11-25(17)21-13-26/h7-10,12-13,17H,5-6,11H2,1-4H3,(H,23,24)/t17-/m0/s1. The Morgan fingerprint density at radius 3 is 2.54 bits per heavy atom. The molecule has 28 heavy (non-hydrogen) atoms. The zero-order valence-electron chi connectivity index (χ0n) is 16.9. The molecule has 1 aromatic carbocycles. The Morgan fingerprint density at radius 1 is 1.21 bits per heavy atom. The van der Waals surface area contributed by atoms with Crippen LogP contribution in [0.4, 0.5) is 0 Å². The van der Waals surface area contributed by atoms with Crippen molar-refractivity contribution in [2.24, 2.45) is 0 Å². The third-order valence-electron chi connectivity index (χ3n) is 6.20. The van der Waals surface area contributed by atoms with Gasteiger partial charge in [-0.1, -0.05) is 24.3 Å². The van der Waals surface area contributed by atoms with Gasteiger partial charge in [0.15, 0.2) is 0 Å². The molecule has 8 heteroatoms. The summed E-state index contributed by atoms with van der Waals surface area (Å²) in [5, 5.41) is 0. The van der Waals surface area contributed by atoms with Gasteiger partial charge in [-0.2, -0.15) is 0 Å². The quantitative estimate of drug-likeness (QED) is 0.639. The van der Waals surface area contributed by atoms with Gasteiger partial charge < -0.3 is 23.9 Å². The minimum atomic E-state index is -0.359. The van der Waals surface area contributed by atoms with Gasteiger partial charge >= 0.3 is 7.12 Å². The summed E-state index contributed by atoms with van der Waals surface area (Å²) in [6.45, 7) is 9.12. The van der Waals surface area contributed by atoms with Gasteiger partial charge in [0, 0.05) is 0 Å². The molecule has 0 unspecified atom stereocenters. The third-order valence-corrected chi connectivity index (χ3v) is 6.20. The number of carbonyl (C=O) groups is 1. The van der Waals surface area contributed by atoms with E-state index >= 15 is 0 Å². The minimum absolute atomic E-state index is 0.142. The number of benzene rings is 1. The van der Waals surface area contributed by atoms with Crippen molar-refractivity contribution in [3.8, 4) is 11.3 Å². The predicted octanol–water partition coefficient (Wildman–Crippen LogP) is 2.32. The number of imidazole rings is 1. The molecular weight excluding hydrogens is 352 g/mol. The number of hydrogen-bond acceptors (Lipinski definition) is 5. The fourth-order valence-corrected chi connectivity index (χ4v) is 3.79. The highest BCUT2D eigenvalue weighted by Gasteiger charge is 2.51. The molecule has 1 radical (unpaired) electrons. The van der Waals surface area contributed by atoms with E-state index in [2.05, 4.69) is 54.6 Å². The Balaban J connectivity index is 1.50. The normalized spacial score (nSPS) is 23.9. The molecule has 2 aromatic rings. The van der Waals surface area contributed by atoms with E-state index in [9.17, 15) is 4.79 Å². The average Bonchev–Trinajstić information content (AvgIpc) is 3.34. The van der Waals surface area contributed by atoms with Gasteiger partial charge in [-0.25, -0.2) is 4.98 Å². The highest BCUT2D eigenvalue weighted by molar-refractivity contribution is 6.64. The Bertz CT molecular complexity index is 835. The van der Waals surface area contributed by atoms with Crippen molar-refractivity contribution in [1.29, 1.82) is 0 Å². The Labute approximate surface area is 167 Å². The van der Waals surface area contributed by atoms with E-state index in [4.69, 9.17) is 9.31 Å². The summed E-state index contributed by atoms with van der Waals surface area (Å²) in [4.78, 5) is 20.9. The smallest absolute Gasteiger partial charge is 0.399 e. The van der Waals surface area contributed by atoms with Crippen LogP contribution in [0.15, 0.2) is 30.5 Å². The van der Waals surface area contributed by atoms with E-state index in [0.717, 1.165) is 48.1 Å². The van der Waals surface area contributed by atoms with Crippen molar-refractivity contribution < 1.29 is 14.1 Å². The number of aromatic nitrogens is 2. The maximum Gasteiger partial charge on any atom is 0.494 e. The summed E-state index contributed by atoms with van der Waals surface area (Å²) < 4.78 is 12.2. The first-order valence-corrected chi connectivity index (χ1v) is 9.86. The summed E-state index contributed by atoms with van der Waals surface area (Å²) in [5.74, 6) is 0.903. The number of rotatable bonds is 5. The van der Waals surface area contributed by atoms with Crippen LogP contribution in [0.3, 0.4) is 0 Å². The first-order valence-electron chi connectivity index (χ1n) is 9.86. The summed E-state index contributed by atoms with van der Waals surface area (Å²) >= 11 is 0. The van der Waals surface area contributed by atoms with Crippen molar-refractivity contribution in [3.63, 3.8) is 0 Å². The van der Waals surface area contributed by atoms with Gasteiger partial charge in [-0.15, -0.1) is 0 Å². The zero-order chi connectivity index (χ0) is 19.9. The topological polar surface area (TPSA) is 67.5 Å². The zero-order valence-corrected chi connectivity index (χ0v) is 16.9. The number of H-pyrrole nitrogens is 1. The summed E-state index contributed by atoms with van der Waals surface area (Å²) in [6, 6.07) is 8.34. The first-order chi connectivity index (χ1) is 13.3. The lowest BCUT2D eigenvalue weighted by atomic mass is 9.79. The van der Waals surface area contributed by atoms with Crippen LogP contribution in [0.5, 0.6) is 0 Å². The van der Waals surface area contributed by atoms with Gasteiger partial charge in [-0.05, 0) is 58.1 Å². The van der Waals surface area contributed by atoms with Crippen LogP contribution in [0.2, 0.25) is 0 Å². The number of hydrogen-bond donors (Lipinski definition) is 1. The molecule has 0 amide bonds. The van der Waals surface area contributed by atoms with Crippen LogP contribution in [0.25, 0.3) is 11.3 Å². The summed E-state index contributed by atoms with van der Waals surface area (Å²) in [7, 11) is 1.25. The molecule has 0 bridgehead atoms. The molecule has 4 rings (SSSR count). The van der Waals surface area contributed by atoms with Gasteiger partial charge in [0.05, 0.1) is 35.3 Å². The highest BCUT2D eigenvalue weighted by atomic mass is 16.7. The van der Waals surface area contributed by atoms with Crippen LogP contribution in [0, 0.1) is 0 Å². The number of carbonyl (C=O) groups excluding carboxylic acids is 1. The van der Waals surface area contributed by atoms with Crippen LogP contribution < -0.4 is 5.46 Å². The molecule has 1 atom stereocenters. The fraction of sp³-hybridized carbons (Fsp3) is 0.500. The SMILES string of the molecule is CC1(C)OB(c2ccc(-c3cnc([C@@H]4CCCN4[B]C=O)[nH]3)cc2)OC1(C)C. The van der Waals surface area contributed by atoms with Crippen LogP contribution >= 0.6 is 0 Å². The second kappa shape index (κ2) is 7.17. The maximum atomic E-state index is 10.8. The van der Waals surface area contributed by atoms with Gasteiger partial charge in [0.1, 0.15) is 5.82 Å². The van der Waals surface area contributed by atoms with Crippen LogP contribution in [-0.2, 0) is 14.1 Å². The fourth-order valence-electron chi connectivity index (χ4n) is 3.79. The molecule has 2 saturated heterocycles. The molecule has 6 nitrogen and oxygen atoms in total. The van der Waals surface area contributed by atoms with E-state index in [0.29, 0.717) is 0 Å². The molecule has 1 aromatic heterocycles. The molecule has 3 heterocycles. The van der Waals surface area contributed by atoms with Crippen molar-refractivity contribution in [1.82, 2.24) is 14.8 Å². The number of aromatic amines is 1. The molecule has 0 spiro atoms. The molecular formula is C20H26B2N3O3. The number of nitrogens with zero attached hydrogens (tertiary/aromatic N) is 2. The molecule has 145 valence electrons. The third kappa shape index (κ3) is 3.45. The summed E-state index contributed by atoms with van der Waals surface area (Å²) in [5.41, 5.74) is 2.33. The van der Waals surface area contributed by atoms with E-state index in [1.807, 2.05) is 18.3 Å². The highest BCUT2D eigenvalue weighted by Crippen LogP contribution is 2.36. The number of nitrogens with one attached hydrogen (secondary N) is 1.